The zero-order valence-electron chi connectivity index (χ0n) is 16.3. The maximum absolute atomic E-state index is 11.3. The van der Waals surface area contributed by atoms with E-state index >= 15 is 0 Å². The van der Waals surface area contributed by atoms with Crippen LogP contribution in [0.15, 0.2) is 24.3 Å². The van der Waals surface area contributed by atoms with E-state index in [1.807, 2.05) is 0 Å². The number of nitrogens with one attached hydrogen (secondary N) is 1. The van der Waals surface area contributed by atoms with Crippen molar-refractivity contribution < 1.29 is 29.0 Å². The Morgan fingerprint density at radius 2 is 1.69 bits per heavy atom. The summed E-state index contributed by atoms with van der Waals surface area (Å²) < 4.78 is 10.4. The third-order valence-electron chi connectivity index (χ3n) is 3.21. The number of anilines is 1. The lowest BCUT2D eigenvalue weighted by molar-refractivity contribution is -0.143. The number of nitriles is 2. The molecule has 0 aliphatic heterocycles. The fourth-order valence-electron chi connectivity index (χ4n) is 1.95. The molecule has 1 aromatic carbocycles. The van der Waals surface area contributed by atoms with E-state index in [2.05, 4.69) is 5.32 Å². The number of hydrogen-bond acceptors (Lipinski definition) is 7. The van der Waals surface area contributed by atoms with Crippen LogP contribution in [-0.4, -0.2) is 36.2 Å². The highest BCUT2D eigenvalue weighted by Gasteiger charge is 2.02. The summed E-state index contributed by atoms with van der Waals surface area (Å²) in [5.41, 5.74) is 0.632. The van der Waals surface area contributed by atoms with Crippen molar-refractivity contribution in [3.8, 4) is 17.9 Å². The van der Waals surface area contributed by atoms with Crippen LogP contribution >= 0.6 is 0 Å². The number of ether oxygens (including phenoxy) is 2. The van der Waals surface area contributed by atoms with Crippen molar-refractivity contribution >= 4 is 23.5 Å². The van der Waals surface area contributed by atoms with Crippen LogP contribution in [-0.2, 0) is 19.1 Å². The molecule has 0 fully saturated rings. The third-order valence-corrected chi connectivity index (χ3v) is 3.21. The molecule has 0 unspecified atom stereocenters. The lowest BCUT2D eigenvalue weighted by atomic mass is 10.2. The summed E-state index contributed by atoms with van der Waals surface area (Å²) in [5.74, 6) is -0.837. The predicted molar refractivity (Wildman–Crippen MR) is 104 cm³/mol. The molecule has 1 aromatic rings. The van der Waals surface area contributed by atoms with Crippen molar-refractivity contribution in [2.24, 2.45) is 0 Å². The third kappa shape index (κ3) is 15.2. The number of carboxylic acids is 1. The van der Waals surface area contributed by atoms with Crippen LogP contribution in [0.25, 0.3) is 0 Å². The molecular formula is C20H25N3O6. The monoisotopic (exact) mass is 403 g/mol. The smallest absolute Gasteiger partial charge is 0.317 e. The minimum atomic E-state index is -1.07. The van der Waals surface area contributed by atoms with Gasteiger partial charge in [0.25, 0.3) is 0 Å². The van der Waals surface area contributed by atoms with Gasteiger partial charge in [-0.15, -0.1) is 0 Å². The quantitative estimate of drug-likeness (QED) is 0.423. The average molecular weight is 403 g/mol. The molecule has 0 aliphatic rings. The standard InChI is InChI=1S/C17H22N2O4.C3H3NO2/c1-2-22-17(21)6-4-3-5-13-23-15-9-7-14(8-10-15)19-16(20)11-12-18;4-2-1-3(5)6/h7-10H,2-6,11,13H2,1H3,(H,19,20);1H2,(H,5,6). The first kappa shape index (κ1) is 25.4. The molecule has 0 saturated heterocycles. The summed E-state index contributed by atoms with van der Waals surface area (Å²) in [6.45, 7) is 2.80. The van der Waals surface area contributed by atoms with Gasteiger partial charge in [0.15, 0.2) is 0 Å². The Balaban J connectivity index is 0.00000113. The van der Waals surface area contributed by atoms with Gasteiger partial charge < -0.3 is 19.9 Å². The number of nitrogens with zero attached hydrogens (tertiary/aromatic N) is 2. The fourth-order valence-corrected chi connectivity index (χ4v) is 1.95. The van der Waals surface area contributed by atoms with Crippen molar-refractivity contribution in [3.05, 3.63) is 24.3 Å². The van der Waals surface area contributed by atoms with E-state index in [-0.39, 0.29) is 18.3 Å². The van der Waals surface area contributed by atoms with Crippen molar-refractivity contribution in [2.75, 3.05) is 18.5 Å². The molecule has 0 aliphatic carbocycles. The molecule has 0 spiro atoms. The summed E-state index contributed by atoms with van der Waals surface area (Å²) in [6.07, 6.45) is 2.45. The van der Waals surface area contributed by atoms with Gasteiger partial charge in [-0.05, 0) is 50.5 Å². The highest BCUT2D eigenvalue weighted by Crippen LogP contribution is 2.16. The van der Waals surface area contributed by atoms with Crippen LogP contribution in [0.4, 0.5) is 5.69 Å². The zero-order valence-corrected chi connectivity index (χ0v) is 16.3. The highest BCUT2D eigenvalue weighted by atomic mass is 16.5. The first-order valence-corrected chi connectivity index (χ1v) is 9.07. The lowest BCUT2D eigenvalue weighted by Crippen LogP contribution is -2.09. The molecule has 9 nitrogen and oxygen atoms in total. The normalized spacial score (nSPS) is 9.07. The van der Waals surface area contributed by atoms with E-state index in [4.69, 9.17) is 25.1 Å². The van der Waals surface area contributed by atoms with E-state index in [0.29, 0.717) is 31.1 Å². The number of rotatable bonds is 11. The molecule has 29 heavy (non-hydrogen) atoms. The molecule has 156 valence electrons. The SMILES string of the molecule is CCOC(=O)CCCCCOc1ccc(NC(=O)CC#N)cc1.N#CCC(=O)O. The van der Waals surface area contributed by atoms with Gasteiger partial charge in [0.1, 0.15) is 18.6 Å². The minimum Gasteiger partial charge on any atom is -0.494 e. The van der Waals surface area contributed by atoms with Gasteiger partial charge in [-0.2, -0.15) is 10.5 Å². The summed E-state index contributed by atoms with van der Waals surface area (Å²) in [6, 6.07) is 10.2. The Morgan fingerprint density at radius 3 is 2.21 bits per heavy atom. The van der Waals surface area contributed by atoms with Crippen LogP contribution in [0, 0.1) is 22.7 Å². The zero-order chi connectivity index (χ0) is 21.9. The second kappa shape index (κ2) is 16.6. The Morgan fingerprint density at radius 1 is 1.03 bits per heavy atom. The number of hydrogen-bond donors (Lipinski definition) is 2. The molecule has 0 bridgehead atoms. The van der Waals surface area contributed by atoms with E-state index in [1.165, 1.54) is 6.07 Å². The Hall–Kier alpha value is -3.59. The molecule has 2 N–H and O–H groups in total. The van der Waals surface area contributed by atoms with Crippen molar-refractivity contribution in [2.45, 2.75) is 45.4 Å². The van der Waals surface area contributed by atoms with Crippen molar-refractivity contribution in [1.29, 1.82) is 10.5 Å². The second-order valence-corrected chi connectivity index (χ2v) is 5.60. The van der Waals surface area contributed by atoms with Crippen LogP contribution in [0.2, 0.25) is 0 Å². The second-order valence-electron chi connectivity index (χ2n) is 5.60. The molecule has 0 radical (unpaired) electrons. The maximum Gasteiger partial charge on any atom is 0.317 e. The van der Waals surface area contributed by atoms with Gasteiger partial charge in [0, 0.05) is 12.1 Å². The number of amides is 1. The highest BCUT2D eigenvalue weighted by molar-refractivity contribution is 5.92. The number of carbonyl (C=O) groups excluding carboxylic acids is 2. The van der Waals surface area contributed by atoms with E-state index in [0.717, 1.165) is 19.3 Å². The van der Waals surface area contributed by atoms with Crippen LogP contribution in [0.3, 0.4) is 0 Å². The van der Waals surface area contributed by atoms with Crippen LogP contribution in [0.5, 0.6) is 5.75 Å². The van der Waals surface area contributed by atoms with E-state index in [9.17, 15) is 14.4 Å². The van der Waals surface area contributed by atoms with E-state index in [1.54, 1.807) is 37.3 Å². The summed E-state index contributed by atoms with van der Waals surface area (Å²) in [5, 5.41) is 26.3. The fraction of sp³-hybridized carbons (Fsp3) is 0.450. The summed E-state index contributed by atoms with van der Waals surface area (Å²) >= 11 is 0. The largest absolute Gasteiger partial charge is 0.494 e. The van der Waals surface area contributed by atoms with Gasteiger partial charge in [-0.1, -0.05) is 0 Å². The molecule has 9 heteroatoms. The Labute approximate surface area is 169 Å². The number of esters is 1. The average Bonchev–Trinajstić information content (AvgIpc) is 2.66. The topological polar surface area (TPSA) is 150 Å². The predicted octanol–water partition coefficient (Wildman–Crippen LogP) is 3.03. The number of unbranched alkanes of at least 4 members (excludes halogenated alkanes) is 2. The van der Waals surface area contributed by atoms with E-state index < -0.39 is 12.4 Å². The molecular weight excluding hydrogens is 378 g/mol. The Kier molecular flexibility index (Phi) is 14.5. The number of benzene rings is 1. The Bertz CT molecular complexity index is 719. The van der Waals surface area contributed by atoms with Gasteiger partial charge in [-0.25, -0.2) is 0 Å². The van der Waals surface area contributed by atoms with Gasteiger partial charge >= 0.3 is 11.9 Å². The van der Waals surface area contributed by atoms with Gasteiger partial charge in [0.2, 0.25) is 5.91 Å². The molecule has 1 rings (SSSR count). The molecule has 0 saturated carbocycles. The molecule has 0 heterocycles. The molecule has 1 amide bonds. The summed E-state index contributed by atoms with van der Waals surface area (Å²) in [4.78, 5) is 31.8. The van der Waals surface area contributed by atoms with Crippen LogP contribution < -0.4 is 10.1 Å². The molecule has 0 atom stereocenters. The first-order chi connectivity index (χ1) is 13.9. The summed E-state index contributed by atoms with van der Waals surface area (Å²) in [7, 11) is 0. The van der Waals surface area contributed by atoms with Crippen LogP contribution in [0.1, 0.15) is 45.4 Å². The number of carbonyl (C=O) groups is 3. The van der Waals surface area contributed by atoms with Crippen molar-refractivity contribution in [3.63, 3.8) is 0 Å². The number of aliphatic carboxylic acids is 1. The molecule has 0 aromatic heterocycles. The maximum atomic E-state index is 11.3. The van der Waals surface area contributed by atoms with Gasteiger partial charge in [-0.3, -0.25) is 14.4 Å². The van der Waals surface area contributed by atoms with Crippen molar-refractivity contribution in [1.82, 2.24) is 0 Å². The number of carboxylic acid groups (broad SMARTS) is 1. The first-order valence-electron chi connectivity index (χ1n) is 9.07. The minimum absolute atomic E-state index is 0.151. The lowest BCUT2D eigenvalue weighted by Gasteiger charge is -2.08. The van der Waals surface area contributed by atoms with Gasteiger partial charge in [0.05, 0.1) is 25.4 Å².